The lowest BCUT2D eigenvalue weighted by atomic mass is 10.1. The quantitative estimate of drug-likeness (QED) is 0.191. The second-order valence-corrected chi connectivity index (χ2v) is 6.91. The molecule has 2 atom stereocenters. The van der Waals surface area contributed by atoms with E-state index in [9.17, 15) is 0 Å². The van der Waals surface area contributed by atoms with E-state index < -0.39 is 0 Å². The zero-order valence-corrected chi connectivity index (χ0v) is 20.1. The van der Waals surface area contributed by atoms with Crippen molar-refractivity contribution in [2.45, 2.75) is 32.8 Å². The number of halogens is 1. The number of hydrogen-bond donors (Lipinski definition) is 2. The maximum absolute atomic E-state index is 5.92. The third-order valence-electron chi connectivity index (χ3n) is 4.36. The summed E-state index contributed by atoms with van der Waals surface area (Å²) in [6, 6.07) is 7.61. The normalized spacial score (nSPS) is 17.3. The molecule has 29 heavy (non-hydrogen) atoms. The summed E-state index contributed by atoms with van der Waals surface area (Å²) in [6.07, 6.45) is 2.01. The third kappa shape index (κ3) is 10.9. The molecule has 1 fully saturated rings. The molecule has 0 amide bonds. The van der Waals surface area contributed by atoms with E-state index in [2.05, 4.69) is 22.5 Å². The van der Waals surface area contributed by atoms with Crippen molar-refractivity contribution in [1.29, 1.82) is 0 Å². The van der Waals surface area contributed by atoms with E-state index >= 15 is 0 Å². The Balaban J connectivity index is 0.00000420. The number of nitrogens with one attached hydrogen (secondary N) is 2. The first-order valence-corrected chi connectivity index (χ1v) is 10.2. The summed E-state index contributed by atoms with van der Waals surface area (Å²) >= 11 is 0. The molecule has 2 rings (SSSR count). The molecule has 1 aromatic rings. The minimum Gasteiger partial charge on any atom is -0.497 e. The Morgan fingerprint density at radius 2 is 2.14 bits per heavy atom. The Morgan fingerprint density at radius 1 is 1.31 bits per heavy atom. The van der Waals surface area contributed by atoms with Crippen LogP contribution in [0.1, 0.15) is 26.7 Å². The molecule has 0 bridgehead atoms. The second-order valence-electron chi connectivity index (χ2n) is 6.91. The Labute approximate surface area is 191 Å². The van der Waals surface area contributed by atoms with E-state index in [1.165, 1.54) is 0 Å². The summed E-state index contributed by atoms with van der Waals surface area (Å²) in [4.78, 5) is 4.61. The van der Waals surface area contributed by atoms with E-state index in [-0.39, 0.29) is 30.1 Å². The van der Waals surface area contributed by atoms with Gasteiger partial charge in [-0.1, -0.05) is 6.07 Å². The first kappa shape index (κ1) is 25.8. The lowest BCUT2D eigenvalue weighted by Crippen LogP contribution is -2.38. The molecule has 1 heterocycles. The first-order chi connectivity index (χ1) is 13.7. The molecular weight excluding hydrogens is 485 g/mol. The Morgan fingerprint density at radius 3 is 2.86 bits per heavy atom. The van der Waals surface area contributed by atoms with Crippen LogP contribution in [0.5, 0.6) is 11.5 Å². The fourth-order valence-corrected chi connectivity index (χ4v) is 2.85. The summed E-state index contributed by atoms with van der Waals surface area (Å²) in [5.74, 6) is 2.93. The molecule has 1 aromatic carbocycles. The molecule has 7 nitrogen and oxygen atoms in total. The number of methoxy groups -OCH3 is 1. The summed E-state index contributed by atoms with van der Waals surface area (Å²) < 4.78 is 22.2. The average Bonchev–Trinajstić information content (AvgIpc) is 3.22. The van der Waals surface area contributed by atoms with Gasteiger partial charge in [-0.05, 0) is 38.8 Å². The van der Waals surface area contributed by atoms with Crippen LogP contribution < -0.4 is 20.1 Å². The van der Waals surface area contributed by atoms with Crippen molar-refractivity contribution in [3.05, 3.63) is 24.3 Å². The molecule has 0 spiro atoms. The van der Waals surface area contributed by atoms with Crippen LogP contribution in [0.3, 0.4) is 0 Å². The standard InChI is InChI=1S/C21H35N3O4.HI/c1-4-22-21(23-10-6-11-26-15-18-9-12-27-16-18)24-14-17(2)28-20-8-5-7-19(13-20)25-3;/h5,7-8,13,17-18H,4,6,9-12,14-16H2,1-3H3,(H2,22,23,24);1H. The summed E-state index contributed by atoms with van der Waals surface area (Å²) in [7, 11) is 1.65. The lowest BCUT2D eigenvalue weighted by molar-refractivity contribution is 0.0888. The van der Waals surface area contributed by atoms with Crippen LogP contribution in [0.4, 0.5) is 0 Å². The lowest BCUT2D eigenvalue weighted by Gasteiger charge is -2.16. The molecule has 0 aromatic heterocycles. The molecule has 0 aliphatic carbocycles. The van der Waals surface area contributed by atoms with Gasteiger partial charge < -0.3 is 29.6 Å². The third-order valence-corrected chi connectivity index (χ3v) is 4.36. The predicted molar refractivity (Wildman–Crippen MR) is 127 cm³/mol. The predicted octanol–water partition coefficient (Wildman–Crippen LogP) is 3.08. The highest BCUT2D eigenvalue weighted by Gasteiger charge is 2.15. The van der Waals surface area contributed by atoms with Crippen molar-refractivity contribution in [3.63, 3.8) is 0 Å². The van der Waals surface area contributed by atoms with Crippen molar-refractivity contribution in [1.82, 2.24) is 10.6 Å². The van der Waals surface area contributed by atoms with Gasteiger partial charge in [0.2, 0.25) is 0 Å². The van der Waals surface area contributed by atoms with E-state index in [0.29, 0.717) is 12.5 Å². The van der Waals surface area contributed by atoms with Crippen LogP contribution >= 0.6 is 24.0 Å². The van der Waals surface area contributed by atoms with E-state index in [4.69, 9.17) is 18.9 Å². The summed E-state index contributed by atoms with van der Waals surface area (Å²) in [6.45, 7) is 9.51. The zero-order valence-electron chi connectivity index (χ0n) is 17.8. The van der Waals surface area contributed by atoms with Gasteiger partial charge >= 0.3 is 0 Å². The number of rotatable bonds is 12. The number of aliphatic imine (C=N–C) groups is 1. The second kappa shape index (κ2) is 15.6. The van der Waals surface area contributed by atoms with Gasteiger partial charge in [-0.2, -0.15) is 0 Å². The highest BCUT2D eigenvalue weighted by atomic mass is 127. The van der Waals surface area contributed by atoms with Gasteiger partial charge in [0.1, 0.15) is 17.6 Å². The maximum Gasteiger partial charge on any atom is 0.191 e. The van der Waals surface area contributed by atoms with Crippen molar-refractivity contribution in [2.24, 2.45) is 10.9 Å². The molecule has 0 saturated carbocycles. The van der Waals surface area contributed by atoms with Gasteiger partial charge in [0.25, 0.3) is 0 Å². The van der Waals surface area contributed by atoms with Crippen LogP contribution in [0.15, 0.2) is 29.3 Å². The maximum atomic E-state index is 5.92. The molecule has 8 heteroatoms. The Kier molecular flexibility index (Phi) is 13.8. The largest absolute Gasteiger partial charge is 0.497 e. The fraction of sp³-hybridized carbons (Fsp3) is 0.667. The van der Waals surface area contributed by atoms with E-state index in [0.717, 1.165) is 69.8 Å². The topological polar surface area (TPSA) is 73.3 Å². The van der Waals surface area contributed by atoms with Crippen LogP contribution in [0.2, 0.25) is 0 Å². The highest BCUT2D eigenvalue weighted by molar-refractivity contribution is 14.0. The highest BCUT2D eigenvalue weighted by Crippen LogP contribution is 2.19. The zero-order chi connectivity index (χ0) is 20.0. The Bertz CT molecular complexity index is 583. The van der Waals surface area contributed by atoms with Crippen LogP contribution in [-0.2, 0) is 9.47 Å². The van der Waals surface area contributed by atoms with Crippen LogP contribution in [0.25, 0.3) is 0 Å². The molecule has 166 valence electrons. The van der Waals surface area contributed by atoms with Crippen molar-refractivity contribution in [2.75, 3.05) is 53.2 Å². The molecule has 0 radical (unpaired) electrons. The summed E-state index contributed by atoms with van der Waals surface area (Å²) in [5, 5.41) is 6.61. The van der Waals surface area contributed by atoms with Gasteiger partial charge in [-0.15, -0.1) is 24.0 Å². The van der Waals surface area contributed by atoms with Gasteiger partial charge in [0, 0.05) is 38.3 Å². The summed E-state index contributed by atoms with van der Waals surface area (Å²) in [5.41, 5.74) is 0. The van der Waals surface area contributed by atoms with Gasteiger partial charge in [0.15, 0.2) is 5.96 Å². The number of guanidine groups is 1. The van der Waals surface area contributed by atoms with E-state index in [1.807, 2.05) is 31.2 Å². The number of nitrogens with zero attached hydrogens (tertiary/aromatic N) is 1. The molecule has 1 saturated heterocycles. The molecule has 2 unspecified atom stereocenters. The molecular formula is C21H36IN3O4. The van der Waals surface area contributed by atoms with Crippen LogP contribution in [-0.4, -0.2) is 65.2 Å². The van der Waals surface area contributed by atoms with Crippen molar-refractivity contribution < 1.29 is 18.9 Å². The fourth-order valence-electron chi connectivity index (χ4n) is 2.85. The minimum atomic E-state index is -0.0421. The first-order valence-electron chi connectivity index (χ1n) is 10.2. The van der Waals surface area contributed by atoms with Gasteiger partial charge in [-0.3, -0.25) is 0 Å². The molecule has 2 N–H and O–H groups in total. The minimum absolute atomic E-state index is 0. The number of hydrogen-bond acceptors (Lipinski definition) is 5. The Hall–Kier alpha value is -1.26. The van der Waals surface area contributed by atoms with Crippen LogP contribution in [0, 0.1) is 5.92 Å². The smallest absolute Gasteiger partial charge is 0.191 e. The van der Waals surface area contributed by atoms with Gasteiger partial charge in [0.05, 0.1) is 26.9 Å². The van der Waals surface area contributed by atoms with Gasteiger partial charge in [-0.25, -0.2) is 4.99 Å². The number of ether oxygens (including phenoxy) is 4. The van der Waals surface area contributed by atoms with Crippen molar-refractivity contribution >= 4 is 29.9 Å². The van der Waals surface area contributed by atoms with Crippen molar-refractivity contribution in [3.8, 4) is 11.5 Å². The number of benzene rings is 1. The van der Waals surface area contributed by atoms with E-state index in [1.54, 1.807) is 7.11 Å². The monoisotopic (exact) mass is 521 g/mol. The molecule has 1 aliphatic rings. The average molecular weight is 521 g/mol. The molecule has 1 aliphatic heterocycles. The SMILES string of the molecule is CCNC(=NCC(C)Oc1cccc(OC)c1)NCCCOCC1CCOC1.I.